The van der Waals surface area contributed by atoms with Gasteiger partial charge in [-0.2, -0.15) is 0 Å². The Bertz CT molecular complexity index is 190. The van der Waals surface area contributed by atoms with Gasteiger partial charge in [0.15, 0.2) is 0 Å². The van der Waals surface area contributed by atoms with Crippen LogP contribution in [0.5, 0.6) is 0 Å². The van der Waals surface area contributed by atoms with Gasteiger partial charge in [-0.05, 0) is 44.2 Å². The maximum atomic E-state index is 9.84. The van der Waals surface area contributed by atoms with E-state index in [9.17, 15) is 5.11 Å². The molecule has 2 heteroatoms. The molecule has 2 saturated heterocycles. The van der Waals surface area contributed by atoms with Crippen molar-refractivity contribution < 1.29 is 5.11 Å². The highest BCUT2D eigenvalue weighted by molar-refractivity contribution is 5.13. The monoisotopic (exact) mass is 153 g/mol. The van der Waals surface area contributed by atoms with E-state index in [1.54, 1.807) is 0 Å². The highest BCUT2D eigenvalue weighted by atomic mass is 16.3. The minimum Gasteiger partial charge on any atom is -0.391 e. The van der Waals surface area contributed by atoms with Crippen LogP contribution in [0, 0.1) is 17.8 Å². The van der Waals surface area contributed by atoms with E-state index in [2.05, 4.69) is 11.9 Å². The first-order chi connectivity index (χ1) is 5.29. The molecule has 0 spiro atoms. The molecule has 2 nitrogen and oxygen atoms in total. The summed E-state index contributed by atoms with van der Waals surface area (Å²) in [5.74, 6) is 2.50. The summed E-state index contributed by atoms with van der Waals surface area (Å²) < 4.78 is 0. The summed E-state index contributed by atoms with van der Waals surface area (Å²) in [6, 6.07) is 0.503. The summed E-state index contributed by atoms with van der Waals surface area (Å²) in [4.78, 5) is 2.35. The first kappa shape index (κ1) is 6.44. The Morgan fingerprint density at radius 3 is 2.82 bits per heavy atom. The van der Waals surface area contributed by atoms with Crippen molar-refractivity contribution in [2.75, 3.05) is 13.6 Å². The van der Waals surface area contributed by atoms with E-state index in [-0.39, 0.29) is 6.10 Å². The maximum Gasteiger partial charge on any atom is 0.0728 e. The largest absolute Gasteiger partial charge is 0.391 e. The Morgan fingerprint density at radius 2 is 2.18 bits per heavy atom. The molecule has 2 saturated carbocycles. The molecule has 2 heterocycles. The van der Waals surface area contributed by atoms with Gasteiger partial charge in [-0.3, -0.25) is 0 Å². The van der Waals surface area contributed by atoms with Crippen molar-refractivity contribution >= 4 is 0 Å². The van der Waals surface area contributed by atoms with Gasteiger partial charge in [0.25, 0.3) is 0 Å². The van der Waals surface area contributed by atoms with Crippen LogP contribution < -0.4 is 0 Å². The molecule has 4 rings (SSSR count). The molecule has 11 heavy (non-hydrogen) atoms. The van der Waals surface area contributed by atoms with Crippen LogP contribution in [0.15, 0.2) is 0 Å². The number of hydrogen-bond acceptors (Lipinski definition) is 2. The Labute approximate surface area is 67.2 Å². The Kier molecular flexibility index (Phi) is 1.06. The van der Waals surface area contributed by atoms with Crippen molar-refractivity contribution in [1.82, 2.24) is 4.90 Å². The van der Waals surface area contributed by atoms with Gasteiger partial charge in [0.1, 0.15) is 0 Å². The highest BCUT2D eigenvalue weighted by Crippen LogP contribution is 2.61. The highest BCUT2D eigenvalue weighted by Gasteiger charge is 2.63. The number of likely N-dealkylation sites (N-methyl/N-ethyl adjacent to an activating group) is 1. The van der Waals surface area contributed by atoms with Crippen molar-refractivity contribution in [1.29, 1.82) is 0 Å². The van der Waals surface area contributed by atoms with Gasteiger partial charge in [-0.15, -0.1) is 0 Å². The van der Waals surface area contributed by atoms with E-state index in [0.717, 1.165) is 11.8 Å². The standard InChI is InChI=1S/C9H15NO/c1-10-3-2-5-6-4-7(10)9(11)8(5)6/h5-9,11H,2-4H2,1H3. The minimum absolute atomic E-state index is 0.0116. The first-order valence-corrected chi connectivity index (χ1v) is 4.67. The zero-order valence-electron chi connectivity index (χ0n) is 6.90. The number of nitrogens with zero attached hydrogens (tertiary/aromatic N) is 1. The molecule has 4 aliphatic rings. The van der Waals surface area contributed by atoms with Crippen LogP contribution >= 0.6 is 0 Å². The van der Waals surface area contributed by atoms with Crippen LogP contribution in [0.1, 0.15) is 12.8 Å². The molecule has 1 N–H and O–H groups in total. The zero-order valence-corrected chi connectivity index (χ0v) is 6.90. The zero-order chi connectivity index (χ0) is 7.59. The average Bonchev–Trinajstić information content (AvgIpc) is 2.61. The second-order valence-electron chi connectivity index (χ2n) is 4.47. The Hall–Kier alpha value is -0.0800. The van der Waals surface area contributed by atoms with Gasteiger partial charge in [-0.1, -0.05) is 0 Å². The molecule has 0 amide bonds. The van der Waals surface area contributed by atoms with E-state index < -0.39 is 0 Å². The number of fused-ring (bicyclic) bond motifs is 2. The van der Waals surface area contributed by atoms with Crippen molar-refractivity contribution in [3.05, 3.63) is 0 Å². The molecule has 5 atom stereocenters. The van der Waals surface area contributed by atoms with Crippen molar-refractivity contribution in [3.8, 4) is 0 Å². The van der Waals surface area contributed by atoms with Crippen LogP contribution in [-0.4, -0.2) is 35.7 Å². The fourth-order valence-corrected chi connectivity index (χ4v) is 3.35. The molecule has 0 aromatic carbocycles. The maximum absolute atomic E-state index is 9.84. The first-order valence-electron chi connectivity index (χ1n) is 4.67. The molecule has 2 aliphatic carbocycles. The summed E-state index contributed by atoms with van der Waals surface area (Å²) in [6.07, 6.45) is 2.62. The summed E-state index contributed by atoms with van der Waals surface area (Å²) >= 11 is 0. The van der Waals surface area contributed by atoms with Gasteiger partial charge >= 0.3 is 0 Å². The van der Waals surface area contributed by atoms with Crippen LogP contribution in [0.25, 0.3) is 0 Å². The lowest BCUT2D eigenvalue weighted by Crippen LogP contribution is -2.37. The van der Waals surface area contributed by atoms with Crippen LogP contribution in [0.2, 0.25) is 0 Å². The predicted molar refractivity (Wildman–Crippen MR) is 42.1 cm³/mol. The van der Waals surface area contributed by atoms with Crippen LogP contribution in [0.3, 0.4) is 0 Å². The third-order valence-corrected chi connectivity index (χ3v) is 4.08. The van der Waals surface area contributed by atoms with Gasteiger partial charge in [-0.25, -0.2) is 0 Å². The molecule has 2 aliphatic heterocycles. The molecule has 4 fully saturated rings. The van der Waals surface area contributed by atoms with Gasteiger partial charge in [0, 0.05) is 6.04 Å². The topological polar surface area (TPSA) is 23.5 Å². The molecular formula is C9H15NO. The number of rotatable bonds is 0. The second kappa shape index (κ2) is 1.80. The van der Waals surface area contributed by atoms with Gasteiger partial charge in [0.2, 0.25) is 0 Å². The lowest BCUT2D eigenvalue weighted by molar-refractivity contribution is 0.0772. The summed E-state index contributed by atoms with van der Waals surface area (Å²) in [6.45, 7) is 1.21. The molecule has 0 radical (unpaired) electrons. The number of aliphatic hydroxyl groups excluding tert-OH is 1. The fourth-order valence-electron chi connectivity index (χ4n) is 3.35. The second-order valence-corrected chi connectivity index (χ2v) is 4.47. The summed E-state index contributed by atoms with van der Waals surface area (Å²) in [5.41, 5.74) is 0. The van der Waals surface area contributed by atoms with E-state index in [1.165, 1.54) is 19.4 Å². The predicted octanol–water partition coefficient (Wildman–Crippen LogP) is 0.317. The molecular weight excluding hydrogens is 138 g/mol. The van der Waals surface area contributed by atoms with Crippen molar-refractivity contribution in [2.45, 2.75) is 25.0 Å². The molecule has 4 bridgehead atoms. The van der Waals surface area contributed by atoms with E-state index in [1.807, 2.05) is 0 Å². The van der Waals surface area contributed by atoms with E-state index >= 15 is 0 Å². The van der Waals surface area contributed by atoms with E-state index in [0.29, 0.717) is 12.0 Å². The smallest absolute Gasteiger partial charge is 0.0728 e. The number of hydrogen-bond donors (Lipinski definition) is 1. The molecule has 62 valence electrons. The lowest BCUT2D eigenvalue weighted by atomic mass is 10.1. The van der Waals surface area contributed by atoms with Gasteiger partial charge < -0.3 is 10.0 Å². The molecule has 0 aromatic rings. The van der Waals surface area contributed by atoms with Crippen molar-refractivity contribution in [2.24, 2.45) is 17.8 Å². The van der Waals surface area contributed by atoms with Gasteiger partial charge in [0.05, 0.1) is 6.10 Å². The quantitative estimate of drug-likeness (QED) is 0.541. The minimum atomic E-state index is 0.0116. The normalized spacial score (nSPS) is 61.1. The van der Waals surface area contributed by atoms with Crippen LogP contribution in [-0.2, 0) is 0 Å². The summed E-state index contributed by atoms with van der Waals surface area (Å²) in [7, 11) is 2.15. The molecule has 0 aromatic heterocycles. The SMILES string of the molecule is CN1CCC2C3CC1C(O)C23. The Balaban J connectivity index is 1.93. The average molecular weight is 153 g/mol. The molecule has 5 unspecified atom stereocenters. The number of aliphatic hydroxyl groups is 1. The van der Waals surface area contributed by atoms with Crippen molar-refractivity contribution in [3.63, 3.8) is 0 Å². The van der Waals surface area contributed by atoms with Crippen LogP contribution in [0.4, 0.5) is 0 Å². The fraction of sp³-hybridized carbons (Fsp3) is 1.00. The van der Waals surface area contributed by atoms with E-state index in [4.69, 9.17) is 0 Å². The third-order valence-electron chi connectivity index (χ3n) is 4.08. The Morgan fingerprint density at radius 1 is 1.36 bits per heavy atom. The summed E-state index contributed by atoms with van der Waals surface area (Å²) in [5, 5.41) is 9.84. The lowest BCUT2D eigenvalue weighted by Gasteiger charge is -2.25. The third kappa shape index (κ3) is 0.651.